The Labute approximate surface area is 119 Å². The SMILES string of the molecule is NC(=O)c1cc(N)cc(Cl)c1NCCc1cscn1. The van der Waals surface area contributed by atoms with Crippen molar-refractivity contribution in [2.24, 2.45) is 5.73 Å². The number of rotatable bonds is 5. The van der Waals surface area contributed by atoms with Crippen molar-refractivity contribution in [2.75, 3.05) is 17.6 Å². The molecule has 0 aliphatic rings. The van der Waals surface area contributed by atoms with Crippen molar-refractivity contribution in [3.63, 3.8) is 0 Å². The number of carbonyl (C=O) groups excluding carboxylic acids is 1. The van der Waals surface area contributed by atoms with E-state index in [0.29, 0.717) is 28.5 Å². The fourth-order valence-electron chi connectivity index (χ4n) is 1.68. The summed E-state index contributed by atoms with van der Waals surface area (Å²) >= 11 is 7.62. The molecule has 0 unspecified atom stereocenters. The Hall–Kier alpha value is -1.79. The fourth-order valence-corrected chi connectivity index (χ4v) is 2.57. The molecular weight excluding hydrogens is 284 g/mol. The van der Waals surface area contributed by atoms with Gasteiger partial charge in [-0.3, -0.25) is 4.79 Å². The number of nitrogens with two attached hydrogens (primary N) is 2. The van der Waals surface area contributed by atoms with Crippen LogP contribution in [0.15, 0.2) is 23.0 Å². The number of hydrogen-bond donors (Lipinski definition) is 3. The lowest BCUT2D eigenvalue weighted by Crippen LogP contribution is -2.16. The van der Waals surface area contributed by atoms with E-state index in [1.807, 2.05) is 5.38 Å². The van der Waals surface area contributed by atoms with Gasteiger partial charge in [-0.2, -0.15) is 0 Å². The zero-order chi connectivity index (χ0) is 13.8. The average Bonchev–Trinajstić information content (AvgIpc) is 2.84. The van der Waals surface area contributed by atoms with Gasteiger partial charge in [0.05, 0.1) is 27.5 Å². The van der Waals surface area contributed by atoms with E-state index in [1.165, 1.54) is 6.07 Å². The fraction of sp³-hybridized carbons (Fsp3) is 0.167. The van der Waals surface area contributed by atoms with Gasteiger partial charge >= 0.3 is 0 Å². The number of nitrogen functional groups attached to an aromatic ring is 1. The number of amides is 1. The molecule has 19 heavy (non-hydrogen) atoms. The molecule has 5 nitrogen and oxygen atoms in total. The van der Waals surface area contributed by atoms with Crippen molar-refractivity contribution in [3.8, 4) is 0 Å². The number of halogens is 1. The first-order valence-corrected chi connectivity index (χ1v) is 6.89. The summed E-state index contributed by atoms with van der Waals surface area (Å²) in [6, 6.07) is 3.10. The zero-order valence-electron chi connectivity index (χ0n) is 10.0. The Balaban J connectivity index is 2.12. The molecule has 0 atom stereocenters. The smallest absolute Gasteiger partial charge is 0.250 e. The van der Waals surface area contributed by atoms with Crippen molar-refractivity contribution < 1.29 is 4.79 Å². The van der Waals surface area contributed by atoms with Crippen molar-refractivity contribution in [2.45, 2.75) is 6.42 Å². The van der Waals surface area contributed by atoms with E-state index in [0.717, 1.165) is 12.1 Å². The van der Waals surface area contributed by atoms with Crippen molar-refractivity contribution in [1.29, 1.82) is 0 Å². The molecule has 0 saturated carbocycles. The van der Waals surface area contributed by atoms with Crippen LogP contribution in [0.2, 0.25) is 5.02 Å². The summed E-state index contributed by atoms with van der Waals surface area (Å²) in [5.41, 5.74) is 14.9. The Kier molecular flexibility index (Phi) is 4.24. The highest BCUT2D eigenvalue weighted by atomic mass is 35.5. The minimum Gasteiger partial charge on any atom is -0.399 e. The number of hydrogen-bond acceptors (Lipinski definition) is 5. The zero-order valence-corrected chi connectivity index (χ0v) is 11.6. The molecule has 2 rings (SSSR count). The minimum atomic E-state index is -0.564. The number of nitrogens with one attached hydrogen (secondary N) is 1. The minimum absolute atomic E-state index is 0.295. The lowest BCUT2D eigenvalue weighted by molar-refractivity contribution is 0.100. The summed E-state index contributed by atoms with van der Waals surface area (Å²) < 4.78 is 0. The summed E-state index contributed by atoms with van der Waals surface area (Å²) in [4.78, 5) is 15.6. The topological polar surface area (TPSA) is 94.0 Å². The van der Waals surface area contributed by atoms with Crippen LogP contribution in [0.3, 0.4) is 0 Å². The molecule has 0 aliphatic heterocycles. The molecule has 1 amide bonds. The van der Waals surface area contributed by atoms with E-state index < -0.39 is 5.91 Å². The second-order valence-corrected chi connectivity index (χ2v) is 5.07. The highest BCUT2D eigenvalue weighted by Crippen LogP contribution is 2.28. The Bertz CT molecular complexity index is 586. The summed E-state index contributed by atoms with van der Waals surface area (Å²) in [6.45, 7) is 0.605. The summed E-state index contributed by atoms with van der Waals surface area (Å²) in [6.07, 6.45) is 0.738. The predicted octanol–water partition coefficient (Wildman–Crippen LogP) is 2.13. The molecule has 5 N–H and O–H groups in total. The lowest BCUT2D eigenvalue weighted by Gasteiger charge is -2.12. The van der Waals surface area contributed by atoms with E-state index in [4.69, 9.17) is 23.1 Å². The number of nitrogens with zero attached hydrogens (tertiary/aromatic N) is 1. The van der Waals surface area contributed by atoms with Gasteiger partial charge in [0, 0.05) is 24.0 Å². The molecule has 7 heteroatoms. The van der Waals surface area contributed by atoms with Crippen LogP contribution in [0.1, 0.15) is 16.1 Å². The van der Waals surface area contributed by atoms with Gasteiger partial charge in [0.2, 0.25) is 0 Å². The van der Waals surface area contributed by atoms with E-state index in [2.05, 4.69) is 10.3 Å². The highest BCUT2D eigenvalue weighted by Gasteiger charge is 2.13. The third kappa shape index (κ3) is 3.36. The third-order valence-corrected chi connectivity index (χ3v) is 3.48. The van der Waals surface area contributed by atoms with Crippen LogP contribution in [0.5, 0.6) is 0 Å². The maximum Gasteiger partial charge on any atom is 0.250 e. The van der Waals surface area contributed by atoms with Crippen LogP contribution in [-0.4, -0.2) is 17.4 Å². The van der Waals surface area contributed by atoms with Crippen molar-refractivity contribution >= 4 is 40.2 Å². The molecule has 2 aromatic rings. The number of carbonyl (C=O) groups is 1. The molecule has 0 fully saturated rings. The van der Waals surface area contributed by atoms with E-state index in [9.17, 15) is 4.79 Å². The monoisotopic (exact) mass is 296 g/mol. The molecule has 100 valence electrons. The first-order chi connectivity index (χ1) is 9.08. The van der Waals surface area contributed by atoms with Gasteiger partial charge in [-0.05, 0) is 12.1 Å². The molecule has 1 heterocycles. The first-order valence-electron chi connectivity index (χ1n) is 5.57. The van der Waals surface area contributed by atoms with Gasteiger partial charge < -0.3 is 16.8 Å². The standard InChI is InChI=1S/C12H13ClN4OS/c13-10-4-7(14)3-9(12(15)18)11(10)16-2-1-8-5-19-6-17-8/h3-6,16H,1-2,14H2,(H2,15,18). The normalized spacial score (nSPS) is 10.4. The Morgan fingerprint density at radius 3 is 2.89 bits per heavy atom. The molecule has 0 saturated heterocycles. The highest BCUT2D eigenvalue weighted by molar-refractivity contribution is 7.07. The van der Waals surface area contributed by atoms with Crippen molar-refractivity contribution in [3.05, 3.63) is 39.3 Å². The van der Waals surface area contributed by atoms with Crippen LogP contribution >= 0.6 is 22.9 Å². The van der Waals surface area contributed by atoms with Gasteiger partial charge in [-0.25, -0.2) is 4.98 Å². The summed E-state index contributed by atoms with van der Waals surface area (Å²) in [5, 5.41) is 5.46. The van der Waals surface area contributed by atoms with Crippen LogP contribution in [-0.2, 0) is 6.42 Å². The quantitative estimate of drug-likeness (QED) is 0.737. The average molecular weight is 297 g/mol. The van der Waals surface area contributed by atoms with Gasteiger partial charge in [0.1, 0.15) is 0 Å². The Morgan fingerprint density at radius 2 is 2.26 bits per heavy atom. The summed E-state index contributed by atoms with van der Waals surface area (Å²) in [7, 11) is 0. The number of aromatic nitrogens is 1. The van der Waals surface area contributed by atoms with Crippen LogP contribution in [0.25, 0.3) is 0 Å². The number of anilines is 2. The van der Waals surface area contributed by atoms with Gasteiger partial charge in [-0.1, -0.05) is 11.6 Å². The molecule has 0 aliphatic carbocycles. The van der Waals surface area contributed by atoms with Gasteiger partial charge in [0.15, 0.2) is 0 Å². The van der Waals surface area contributed by atoms with Gasteiger partial charge in [0.25, 0.3) is 5.91 Å². The van der Waals surface area contributed by atoms with Gasteiger partial charge in [-0.15, -0.1) is 11.3 Å². The maximum absolute atomic E-state index is 11.4. The molecular formula is C12H13ClN4OS. The molecule has 0 bridgehead atoms. The van der Waals surface area contributed by atoms with Crippen LogP contribution in [0, 0.1) is 0 Å². The van der Waals surface area contributed by atoms with E-state index in [-0.39, 0.29) is 0 Å². The largest absolute Gasteiger partial charge is 0.399 e. The van der Waals surface area contributed by atoms with Crippen molar-refractivity contribution in [1.82, 2.24) is 4.98 Å². The van der Waals surface area contributed by atoms with E-state index in [1.54, 1.807) is 22.9 Å². The van der Waals surface area contributed by atoms with Crippen LogP contribution < -0.4 is 16.8 Å². The third-order valence-electron chi connectivity index (χ3n) is 2.54. The number of benzene rings is 1. The van der Waals surface area contributed by atoms with Crippen LogP contribution in [0.4, 0.5) is 11.4 Å². The Morgan fingerprint density at radius 1 is 1.47 bits per heavy atom. The second-order valence-electron chi connectivity index (χ2n) is 3.95. The number of primary amides is 1. The molecule has 1 aromatic carbocycles. The molecule has 0 radical (unpaired) electrons. The predicted molar refractivity (Wildman–Crippen MR) is 78.7 cm³/mol. The number of thiazole rings is 1. The lowest BCUT2D eigenvalue weighted by atomic mass is 10.1. The molecule has 1 aromatic heterocycles. The summed E-state index contributed by atoms with van der Waals surface area (Å²) in [5.74, 6) is -0.564. The van der Waals surface area contributed by atoms with E-state index >= 15 is 0 Å². The first kappa shape index (κ1) is 13.6. The maximum atomic E-state index is 11.4. The second kappa shape index (κ2) is 5.90. The molecule has 0 spiro atoms.